The molecule has 2 amide bonds. The Bertz CT molecular complexity index is 2180. The van der Waals surface area contributed by atoms with Gasteiger partial charge in [-0.2, -0.15) is 5.26 Å². The molecule has 0 radical (unpaired) electrons. The predicted octanol–water partition coefficient (Wildman–Crippen LogP) is 7.39. The van der Waals surface area contributed by atoms with E-state index in [1.807, 2.05) is 38.1 Å². The lowest BCUT2D eigenvalue weighted by molar-refractivity contribution is -0.255. The van der Waals surface area contributed by atoms with Crippen LogP contribution in [0, 0.1) is 29.1 Å². The number of benzene rings is 3. The van der Waals surface area contributed by atoms with Crippen LogP contribution in [-0.4, -0.2) is 84.4 Å². The smallest absolute Gasteiger partial charge is 0.412 e. The van der Waals surface area contributed by atoms with Crippen LogP contribution in [0.5, 0.6) is 23.0 Å². The highest BCUT2D eigenvalue weighted by molar-refractivity contribution is 6.03. The Kier molecular flexibility index (Phi) is 14.5. The average Bonchev–Trinajstić information content (AvgIpc) is 3.76. The van der Waals surface area contributed by atoms with Crippen LogP contribution >= 0.6 is 0 Å². The topological polar surface area (TPSA) is 181 Å². The van der Waals surface area contributed by atoms with Gasteiger partial charge >= 0.3 is 6.09 Å². The number of nitriles is 1. The Morgan fingerprint density at radius 1 is 1.00 bits per heavy atom. The van der Waals surface area contributed by atoms with E-state index in [0.29, 0.717) is 65.8 Å². The van der Waals surface area contributed by atoms with Crippen LogP contribution in [0.1, 0.15) is 91.8 Å². The summed E-state index contributed by atoms with van der Waals surface area (Å²) >= 11 is 0. The minimum Gasteiger partial charge on any atom is -0.459 e. The maximum atomic E-state index is 15.3. The van der Waals surface area contributed by atoms with Gasteiger partial charge < -0.3 is 49.0 Å². The van der Waals surface area contributed by atoms with Crippen molar-refractivity contribution in [1.29, 1.82) is 5.26 Å². The summed E-state index contributed by atoms with van der Waals surface area (Å²) in [4.78, 5) is 35.7. The number of ether oxygens (including phenoxy) is 5. The average molecular weight is 849 g/mol. The molecule has 0 spiro atoms. The summed E-state index contributed by atoms with van der Waals surface area (Å²) in [5, 5.41) is 36.9. The first kappa shape index (κ1) is 44.2. The van der Waals surface area contributed by atoms with E-state index in [1.54, 1.807) is 47.4 Å². The lowest BCUT2D eigenvalue weighted by Gasteiger charge is -2.60. The molecule has 0 bridgehead atoms. The quantitative estimate of drug-likeness (QED) is 0.0622. The molecule has 0 aromatic heterocycles. The summed E-state index contributed by atoms with van der Waals surface area (Å²) in [7, 11) is 0. The number of hydrogen-bond acceptors (Lipinski definition) is 12. The van der Waals surface area contributed by atoms with E-state index in [4.69, 9.17) is 33.7 Å². The van der Waals surface area contributed by atoms with Gasteiger partial charge in [-0.25, -0.2) is 4.79 Å². The summed E-state index contributed by atoms with van der Waals surface area (Å²) in [5.74, 6) is -0.743. The Labute approximate surface area is 362 Å². The van der Waals surface area contributed by atoms with Gasteiger partial charge in [0.1, 0.15) is 24.1 Å². The van der Waals surface area contributed by atoms with Crippen molar-refractivity contribution < 1.29 is 48.3 Å². The molecule has 62 heavy (non-hydrogen) atoms. The standard InChI is InChI=1S/C48H56N4O10/c1-4-23-59-48-43(52(46(55)33-16-13-31(28-49)14-17-33)29-32-15-19-41-42(24-32)58-30-57-41)27-39(51-60-6-3)37-25-34(11-7-9-21-53)36(12-8-10-22-54)44(45(37)48)38-26-35(18-20-40(38)62-48)61-47(56)50-5-2/h4,13-20,24-26,34,36,43-45,53-54H,1,5-12,21-23,27,29-30H2,2-3H3,(H,50,56)/t34-,36+,43-,44+,45+,48+/m0/s1. The lowest BCUT2D eigenvalue weighted by Crippen LogP contribution is -2.70. The lowest BCUT2D eigenvalue weighted by atomic mass is 9.55. The van der Waals surface area contributed by atoms with E-state index in [2.05, 4.69) is 24.0 Å². The zero-order valence-electron chi connectivity index (χ0n) is 35.4. The monoisotopic (exact) mass is 848 g/mol. The molecule has 2 aliphatic carbocycles. The van der Waals surface area contributed by atoms with Crippen LogP contribution in [-0.2, 0) is 16.1 Å². The van der Waals surface area contributed by atoms with Gasteiger partial charge in [-0.05, 0) is 117 Å². The Morgan fingerprint density at radius 3 is 2.48 bits per heavy atom. The number of rotatable bonds is 19. The summed E-state index contributed by atoms with van der Waals surface area (Å²) in [5.41, 5.74) is 3.90. The van der Waals surface area contributed by atoms with Crippen molar-refractivity contribution >= 4 is 17.7 Å². The number of fused-ring (bicyclic) bond motifs is 3. The first-order valence-electron chi connectivity index (χ1n) is 21.6. The molecule has 1 saturated carbocycles. The highest BCUT2D eigenvalue weighted by Gasteiger charge is 2.65. The molecule has 3 N–H and O–H groups in total. The van der Waals surface area contributed by atoms with Crippen molar-refractivity contribution in [3.05, 3.63) is 107 Å². The first-order valence-corrected chi connectivity index (χ1v) is 21.6. The number of amides is 2. The summed E-state index contributed by atoms with van der Waals surface area (Å²) in [6, 6.07) is 18.8. The molecule has 14 heteroatoms. The number of nitrogens with one attached hydrogen (secondary N) is 1. The summed E-state index contributed by atoms with van der Waals surface area (Å²) < 4.78 is 31.6. The van der Waals surface area contributed by atoms with E-state index in [1.165, 1.54) is 0 Å². The highest BCUT2D eigenvalue weighted by Crippen LogP contribution is 2.62. The summed E-state index contributed by atoms with van der Waals surface area (Å²) in [6.07, 6.45) is 7.84. The molecule has 328 valence electrons. The molecule has 4 aliphatic rings. The Hall–Kier alpha value is -5.88. The van der Waals surface area contributed by atoms with Crippen LogP contribution in [0.15, 0.2) is 90.1 Å². The Balaban J connectivity index is 1.47. The molecule has 1 fully saturated rings. The second-order valence-electron chi connectivity index (χ2n) is 15.9. The SMILES string of the molecule is C=CCO[C@@]12Oc3ccc(OC(=O)NCC)cc3[C@H]3[C@H](CCCCO)[C@@H](CCCCO)C=C(C(=NOCC)C[C@@H]1N(Cc1ccc4c(c1)OCO4)C(=O)c1ccc(C#N)cc1)[C@H]32. The van der Waals surface area contributed by atoms with E-state index in [-0.39, 0.29) is 63.2 Å². The number of oxime groups is 1. The normalized spacial score (nSPS) is 23.5. The fraction of sp³-hybridized carbons (Fsp3) is 0.458. The fourth-order valence-corrected chi connectivity index (χ4v) is 9.55. The molecule has 0 saturated heterocycles. The van der Waals surface area contributed by atoms with Crippen molar-refractivity contribution in [3.63, 3.8) is 0 Å². The van der Waals surface area contributed by atoms with Crippen LogP contribution in [0.25, 0.3) is 0 Å². The van der Waals surface area contributed by atoms with Gasteiger partial charge in [0.05, 0.1) is 29.9 Å². The molecular formula is C48H56N4O10. The van der Waals surface area contributed by atoms with Gasteiger partial charge in [-0.3, -0.25) is 4.79 Å². The minimum atomic E-state index is -1.53. The van der Waals surface area contributed by atoms with Gasteiger partial charge in [0.15, 0.2) is 11.5 Å². The molecule has 2 heterocycles. The number of unbranched alkanes of at least 4 members (excludes halogenated alkanes) is 2. The third-order valence-electron chi connectivity index (χ3n) is 12.2. The van der Waals surface area contributed by atoms with Crippen molar-refractivity contribution in [3.8, 4) is 29.1 Å². The number of carbonyl (C=O) groups excluding carboxylic acids is 2. The van der Waals surface area contributed by atoms with Crippen LogP contribution in [0.3, 0.4) is 0 Å². The van der Waals surface area contributed by atoms with Gasteiger partial charge in [-0.1, -0.05) is 36.2 Å². The molecule has 3 aromatic carbocycles. The van der Waals surface area contributed by atoms with Gasteiger partial charge in [0.25, 0.3) is 5.91 Å². The molecule has 2 aliphatic heterocycles. The van der Waals surface area contributed by atoms with Gasteiger partial charge in [-0.15, -0.1) is 6.58 Å². The van der Waals surface area contributed by atoms with E-state index in [0.717, 1.165) is 42.4 Å². The number of carbonyl (C=O) groups is 2. The second-order valence-corrected chi connectivity index (χ2v) is 15.9. The molecule has 14 nitrogen and oxygen atoms in total. The molecule has 0 unspecified atom stereocenters. The highest BCUT2D eigenvalue weighted by atomic mass is 16.7. The Morgan fingerprint density at radius 2 is 1.76 bits per heavy atom. The van der Waals surface area contributed by atoms with E-state index in [9.17, 15) is 20.3 Å². The van der Waals surface area contributed by atoms with E-state index < -0.39 is 23.8 Å². The number of aliphatic hydroxyl groups is 2. The van der Waals surface area contributed by atoms with Crippen molar-refractivity contribution in [2.45, 2.75) is 83.1 Å². The fourth-order valence-electron chi connectivity index (χ4n) is 9.55. The molecular weight excluding hydrogens is 793 g/mol. The first-order chi connectivity index (χ1) is 30.3. The maximum Gasteiger partial charge on any atom is 0.412 e. The number of allylic oxidation sites excluding steroid dienone is 1. The van der Waals surface area contributed by atoms with Crippen molar-refractivity contribution in [2.24, 2.45) is 22.9 Å². The minimum absolute atomic E-state index is 0.0147. The van der Waals surface area contributed by atoms with E-state index >= 15 is 4.79 Å². The number of aliphatic hydroxyl groups excluding tert-OH is 2. The van der Waals surface area contributed by atoms with Crippen molar-refractivity contribution in [2.75, 3.05) is 39.8 Å². The predicted molar refractivity (Wildman–Crippen MR) is 230 cm³/mol. The number of nitrogens with zero attached hydrogens (tertiary/aromatic N) is 3. The maximum absolute atomic E-state index is 15.3. The van der Waals surface area contributed by atoms with Crippen LogP contribution < -0.4 is 24.3 Å². The van der Waals surface area contributed by atoms with Gasteiger partial charge in [0, 0.05) is 49.8 Å². The molecule has 7 rings (SSSR count). The van der Waals surface area contributed by atoms with Crippen LogP contribution in [0.2, 0.25) is 0 Å². The third kappa shape index (κ3) is 9.16. The molecule has 6 atom stereocenters. The number of hydrogen-bond donors (Lipinski definition) is 3. The molecule has 3 aromatic rings. The largest absolute Gasteiger partial charge is 0.459 e. The van der Waals surface area contributed by atoms with Gasteiger partial charge in [0.2, 0.25) is 12.6 Å². The van der Waals surface area contributed by atoms with Crippen LogP contribution in [0.4, 0.5) is 4.79 Å². The zero-order chi connectivity index (χ0) is 43.6. The third-order valence-corrected chi connectivity index (χ3v) is 12.2. The van der Waals surface area contributed by atoms with Crippen molar-refractivity contribution in [1.82, 2.24) is 10.2 Å². The summed E-state index contributed by atoms with van der Waals surface area (Å²) in [6.45, 7) is 8.81. The second kappa shape index (κ2) is 20.3. The zero-order valence-corrected chi connectivity index (χ0v) is 35.4.